The first-order chi connectivity index (χ1) is 14.2. The van der Waals surface area contributed by atoms with Crippen molar-refractivity contribution in [2.45, 2.75) is 32.2 Å². The summed E-state index contributed by atoms with van der Waals surface area (Å²) in [7, 11) is 3.81. The molecule has 7 nitrogen and oxygen atoms in total. The molecule has 1 aromatic rings. The van der Waals surface area contributed by atoms with Gasteiger partial charge in [-0.3, -0.25) is 0 Å². The van der Waals surface area contributed by atoms with Gasteiger partial charge in [0.05, 0.1) is 38.4 Å². The number of halogens is 1. The van der Waals surface area contributed by atoms with Gasteiger partial charge in [0.15, 0.2) is 0 Å². The molecule has 0 fully saturated rings. The number of esters is 3. The van der Waals surface area contributed by atoms with Crippen LogP contribution in [0.2, 0.25) is 5.02 Å². The smallest absolute Gasteiger partial charge is 0.336 e. The molecule has 1 aromatic carbocycles. The summed E-state index contributed by atoms with van der Waals surface area (Å²) in [6, 6.07) is 6.07. The van der Waals surface area contributed by atoms with Gasteiger partial charge >= 0.3 is 17.9 Å². The highest BCUT2D eigenvalue weighted by Gasteiger charge is 2.38. The van der Waals surface area contributed by atoms with Crippen molar-refractivity contribution in [1.82, 2.24) is 4.90 Å². The van der Waals surface area contributed by atoms with Gasteiger partial charge in [-0.15, -0.1) is 0 Å². The maximum Gasteiger partial charge on any atom is 0.336 e. The second-order valence-electron chi connectivity index (χ2n) is 7.25. The van der Waals surface area contributed by atoms with Crippen molar-refractivity contribution in [3.8, 4) is 0 Å². The summed E-state index contributed by atoms with van der Waals surface area (Å²) in [5.74, 6) is -2.30. The first-order valence-corrected chi connectivity index (χ1v) is 9.82. The quantitative estimate of drug-likeness (QED) is 0.479. The van der Waals surface area contributed by atoms with Crippen LogP contribution >= 0.6 is 11.6 Å². The fraction of sp³-hybridized carbons (Fsp3) is 0.409. The second kappa shape index (κ2) is 10.3. The van der Waals surface area contributed by atoms with Crippen molar-refractivity contribution >= 4 is 29.5 Å². The van der Waals surface area contributed by atoms with Gasteiger partial charge in [-0.25, -0.2) is 14.4 Å². The molecule has 0 aromatic heterocycles. The van der Waals surface area contributed by atoms with Crippen LogP contribution in [0.3, 0.4) is 0 Å². The van der Waals surface area contributed by atoms with Crippen LogP contribution in [-0.4, -0.2) is 50.2 Å². The van der Waals surface area contributed by atoms with Crippen molar-refractivity contribution < 1.29 is 28.6 Å². The van der Waals surface area contributed by atoms with Gasteiger partial charge in [0.2, 0.25) is 0 Å². The molecule has 0 saturated carbocycles. The van der Waals surface area contributed by atoms with E-state index in [1.54, 1.807) is 24.3 Å². The van der Waals surface area contributed by atoms with E-state index in [9.17, 15) is 14.4 Å². The number of ether oxygens (including phenoxy) is 3. The fourth-order valence-corrected chi connectivity index (χ4v) is 3.49. The topological polar surface area (TPSA) is 82.1 Å². The normalized spacial score (nSPS) is 15.2. The summed E-state index contributed by atoms with van der Waals surface area (Å²) in [4.78, 5) is 39.3. The molecule has 0 bridgehead atoms. The lowest BCUT2D eigenvalue weighted by Gasteiger charge is -2.34. The van der Waals surface area contributed by atoms with E-state index < -0.39 is 29.9 Å². The van der Waals surface area contributed by atoms with Crippen LogP contribution in [0.5, 0.6) is 0 Å². The Bertz CT molecular complexity index is 825. The van der Waals surface area contributed by atoms with Gasteiger partial charge in [0.1, 0.15) is 6.04 Å². The highest BCUT2D eigenvalue weighted by atomic mass is 35.5. The van der Waals surface area contributed by atoms with Gasteiger partial charge in [0.25, 0.3) is 0 Å². The largest absolute Gasteiger partial charge is 0.467 e. The second-order valence-corrected chi connectivity index (χ2v) is 7.69. The fourth-order valence-electron chi connectivity index (χ4n) is 3.37. The molecule has 8 heteroatoms. The van der Waals surface area contributed by atoms with Crippen LogP contribution in [0.15, 0.2) is 47.8 Å². The van der Waals surface area contributed by atoms with Crippen LogP contribution in [0.4, 0.5) is 0 Å². The Morgan fingerprint density at radius 3 is 1.83 bits per heavy atom. The molecule has 1 heterocycles. The van der Waals surface area contributed by atoms with Gasteiger partial charge < -0.3 is 19.1 Å². The van der Waals surface area contributed by atoms with Gasteiger partial charge in [-0.2, -0.15) is 0 Å². The summed E-state index contributed by atoms with van der Waals surface area (Å²) in [5.41, 5.74) is 1.05. The summed E-state index contributed by atoms with van der Waals surface area (Å²) >= 11 is 5.99. The average Bonchev–Trinajstić information content (AvgIpc) is 2.75. The number of carbonyl (C=O) groups is 3. The minimum atomic E-state index is -0.740. The van der Waals surface area contributed by atoms with Crippen molar-refractivity contribution in [3.63, 3.8) is 0 Å². The maximum atomic E-state index is 12.7. The lowest BCUT2D eigenvalue weighted by molar-refractivity contribution is -0.146. The molecule has 0 radical (unpaired) electrons. The number of rotatable bonds is 7. The van der Waals surface area contributed by atoms with Crippen LogP contribution in [0.25, 0.3) is 0 Å². The van der Waals surface area contributed by atoms with Crippen LogP contribution < -0.4 is 0 Å². The van der Waals surface area contributed by atoms with E-state index in [-0.39, 0.29) is 17.1 Å². The van der Waals surface area contributed by atoms with E-state index in [4.69, 9.17) is 25.8 Å². The summed E-state index contributed by atoms with van der Waals surface area (Å²) in [6.45, 7) is 3.93. The molecule has 0 aliphatic carbocycles. The minimum Gasteiger partial charge on any atom is -0.467 e. The third kappa shape index (κ3) is 5.21. The molecule has 0 amide bonds. The minimum absolute atomic E-state index is 0.160. The lowest BCUT2D eigenvalue weighted by Crippen LogP contribution is -2.40. The number of carbonyl (C=O) groups excluding carboxylic acids is 3. The molecule has 0 saturated heterocycles. The predicted octanol–water partition coefficient (Wildman–Crippen LogP) is 3.44. The zero-order valence-electron chi connectivity index (χ0n) is 17.7. The molecule has 2 rings (SSSR count). The Morgan fingerprint density at radius 1 is 0.933 bits per heavy atom. The first-order valence-electron chi connectivity index (χ1n) is 9.44. The molecule has 30 heavy (non-hydrogen) atoms. The molecular weight excluding hydrogens is 410 g/mol. The van der Waals surface area contributed by atoms with Gasteiger partial charge in [-0.05, 0) is 30.0 Å². The van der Waals surface area contributed by atoms with Crippen molar-refractivity contribution in [2.75, 3.05) is 21.3 Å². The molecule has 0 spiro atoms. The SMILES string of the molecule is COC(=O)C1=CN(C(CC(C)C)C(=O)OC)C=C(C(=O)OC)C1c1ccc(Cl)cc1. The lowest BCUT2D eigenvalue weighted by atomic mass is 9.83. The zero-order chi connectivity index (χ0) is 22.4. The molecule has 1 aliphatic rings. The Hall–Kier alpha value is -2.80. The molecule has 0 N–H and O–H groups in total. The number of methoxy groups -OCH3 is 3. The Labute approximate surface area is 181 Å². The van der Waals surface area contributed by atoms with Gasteiger partial charge in [0, 0.05) is 17.4 Å². The molecule has 1 aliphatic heterocycles. The van der Waals surface area contributed by atoms with Crippen molar-refractivity contribution in [3.05, 3.63) is 58.4 Å². The molecular formula is C22H26ClNO6. The standard InChI is InChI=1S/C22H26ClNO6/c1-13(2)10-18(22(27)30-5)24-11-16(20(25)28-3)19(17(12-24)21(26)29-4)14-6-8-15(23)9-7-14/h6-9,11-13,18-19H,10H2,1-5H3. The van der Waals surface area contributed by atoms with E-state index >= 15 is 0 Å². The van der Waals surface area contributed by atoms with E-state index in [1.807, 2.05) is 13.8 Å². The van der Waals surface area contributed by atoms with Crippen molar-refractivity contribution in [2.24, 2.45) is 5.92 Å². The van der Waals surface area contributed by atoms with E-state index in [1.165, 1.54) is 38.6 Å². The highest BCUT2D eigenvalue weighted by molar-refractivity contribution is 6.30. The third-order valence-corrected chi connectivity index (χ3v) is 5.02. The molecule has 1 unspecified atom stereocenters. The number of benzene rings is 1. The Morgan fingerprint density at radius 2 is 1.43 bits per heavy atom. The van der Waals surface area contributed by atoms with E-state index in [2.05, 4.69) is 0 Å². The van der Waals surface area contributed by atoms with Crippen molar-refractivity contribution in [1.29, 1.82) is 0 Å². The van der Waals surface area contributed by atoms with Crippen LogP contribution in [0.1, 0.15) is 31.7 Å². The number of nitrogens with zero attached hydrogens (tertiary/aromatic N) is 1. The number of hydrogen-bond donors (Lipinski definition) is 0. The highest BCUT2D eigenvalue weighted by Crippen LogP contribution is 2.38. The molecule has 1 atom stereocenters. The zero-order valence-corrected chi connectivity index (χ0v) is 18.4. The van der Waals surface area contributed by atoms with E-state index in [0.717, 1.165) is 0 Å². The van der Waals surface area contributed by atoms with Crippen LogP contribution in [0, 0.1) is 5.92 Å². The van der Waals surface area contributed by atoms with E-state index in [0.29, 0.717) is 17.0 Å². The summed E-state index contributed by atoms with van der Waals surface area (Å²) < 4.78 is 14.9. The van der Waals surface area contributed by atoms with Crippen LogP contribution in [-0.2, 0) is 28.6 Å². The first kappa shape index (κ1) is 23.5. The monoisotopic (exact) mass is 435 g/mol. The summed E-state index contributed by atoms with van der Waals surface area (Å²) in [5, 5.41) is 0.520. The summed E-state index contributed by atoms with van der Waals surface area (Å²) in [6.07, 6.45) is 3.51. The predicted molar refractivity (Wildman–Crippen MR) is 111 cm³/mol. The third-order valence-electron chi connectivity index (χ3n) is 4.77. The number of hydrogen-bond acceptors (Lipinski definition) is 7. The average molecular weight is 436 g/mol. The maximum absolute atomic E-state index is 12.7. The molecule has 162 valence electrons. The Balaban J connectivity index is 2.66. The Kier molecular flexibility index (Phi) is 8.06. The van der Waals surface area contributed by atoms with Gasteiger partial charge in [-0.1, -0.05) is 37.6 Å².